The third-order valence-corrected chi connectivity index (χ3v) is 4.40. The molecule has 0 atom stereocenters. The van der Waals surface area contributed by atoms with Crippen molar-refractivity contribution in [2.75, 3.05) is 32.0 Å². The largest absolute Gasteiger partial charge is 0.506 e. The molecule has 0 amide bonds. The number of phenols is 1. The molecule has 0 unspecified atom stereocenters. The summed E-state index contributed by atoms with van der Waals surface area (Å²) in [6.45, 7) is 0. The van der Waals surface area contributed by atoms with Gasteiger partial charge in [-0.2, -0.15) is 4.98 Å². The number of rotatable bonds is 7. The molecule has 0 radical (unpaired) electrons. The number of ether oxygens (including phenoxy) is 3. The number of halogens is 1. The Morgan fingerprint density at radius 2 is 1.64 bits per heavy atom. The van der Waals surface area contributed by atoms with Gasteiger partial charge in [0.15, 0.2) is 11.5 Å². The number of nitrogens with one attached hydrogen (secondary N) is 2. The maximum Gasteiger partial charge on any atom is 0.229 e. The quantitative estimate of drug-likeness (QED) is 0.457. The van der Waals surface area contributed by atoms with E-state index in [1.807, 2.05) is 6.07 Å². The zero-order valence-electron chi connectivity index (χ0n) is 15.5. The van der Waals surface area contributed by atoms with Crippen molar-refractivity contribution in [2.24, 2.45) is 0 Å². The van der Waals surface area contributed by atoms with E-state index in [0.29, 0.717) is 44.9 Å². The average Bonchev–Trinajstić information content (AvgIpc) is 2.71. The number of aromatic nitrogens is 2. The first-order valence-electron chi connectivity index (χ1n) is 8.20. The van der Waals surface area contributed by atoms with Crippen LogP contribution in [0.25, 0.3) is 0 Å². The molecule has 1 aromatic heterocycles. The molecule has 1 heterocycles. The van der Waals surface area contributed by atoms with Crippen LogP contribution in [0, 0.1) is 0 Å². The fourth-order valence-electron chi connectivity index (χ4n) is 2.50. The lowest BCUT2D eigenvalue weighted by atomic mass is 10.2. The van der Waals surface area contributed by atoms with Crippen LogP contribution in [0.5, 0.6) is 23.0 Å². The van der Waals surface area contributed by atoms with E-state index in [9.17, 15) is 5.11 Å². The summed E-state index contributed by atoms with van der Waals surface area (Å²) in [6, 6.07) is 10.4. The van der Waals surface area contributed by atoms with Crippen LogP contribution in [-0.4, -0.2) is 36.4 Å². The van der Waals surface area contributed by atoms with Gasteiger partial charge >= 0.3 is 0 Å². The zero-order valence-corrected chi connectivity index (χ0v) is 17.1. The van der Waals surface area contributed by atoms with E-state index >= 15 is 0 Å². The highest BCUT2D eigenvalue weighted by Crippen LogP contribution is 2.40. The van der Waals surface area contributed by atoms with Crippen LogP contribution < -0.4 is 24.8 Å². The minimum absolute atomic E-state index is 0.118. The minimum Gasteiger partial charge on any atom is -0.506 e. The van der Waals surface area contributed by atoms with E-state index in [-0.39, 0.29) is 5.75 Å². The molecule has 8 nitrogen and oxygen atoms in total. The lowest BCUT2D eigenvalue weighted by molar-refractivity contribution is 0.324. The standard InChI is InChI=1S/C19H19BrN4O4/c1-26-15-8-11(9-16(27-2)17(15)28-3)22-19-21-10-12(20)18(24-19)23-13-6-4-5-7-14(13)25/h4-10,25H,1-3H3,(H2,21,22,23,24). The van der Waals surface area contributed by atoms with Gasteiger partial charge in [-0.05, 0) is 28.1 Å². The van der Waals surface area contributed by atoms with Crippen LogP contribution in [-0.2, 0) is 0 Å². The number of anilines is 4. The second-order valence-electron chi connectivity index (χ2n) is 5.57. The molecule has 2 aromatic carbocycles. The Bertz CT molecular complexity index is 959. The normalized spacial score (nSPS) is 10.3. The van der Waals surface area contributed by atoms with Crippen molar-refractivity contribution >= 4 is 39.1 Å². The van der Waals surface area contributed by atoms with Crippen LogP contribution >= 0.6 is 15.9 Å². The van der Waals surface area contributed by atoms with Gasteiger partial charge in [0, 0.05) is 24.0 Å². The Balaban J connectivity index is 1.90. The number of nitrogens with zero attached hydrogens (tertiary/aromatic N) is 2. The van der Waals surface area contributed by atoms with Crippen molar-refractivity contribution in [1.29, 1.82) is 0 Å². The average molecular weight is 447 g/mol. The van der Waals surface area contributed by atoms with Gasteiger partial charge in [-0.25, -0.2) is 4.98 Å². The Morgan fingerprint density at radius 3 is 2.25 bits per heavy atom. The molecular formula is C19H19BrN4O4. The molecule has 0 aliphatic heterocycles. The predicted octanol–water partition coefficient (Wildman–Crippen LogP) is 4.46. The van der Waals surface area contributed by atoms with Crippen molar-refractivity contribution in [1.82, 2.24) is 9.97 Å². The summed E-state index contributed by atoms with van der Waals surface area (Å²) in [7, 11) is 4.64. The van der Waals surface area contributed by atoms with Crippen molar-refractivity contribution in [2.45, 2.75) is 0 Å². The van der Waals surface area contributed by atoms with Gasteiger partial charge in [-0.3, -0.25) is 0 Å². The van der Waals surface area contributed by atoms with Gasteiger partial charge in [0.2, 0.25) is 11.7 Å². The van der Waals surface area contributed by atoms with Crippen LogP contribution in [0.4, 0.5) is 23.1 Å². The molecule has 0 aliphatic carbocycles. The van der Waals surface area contributed by atoms with Crippen molar-refractivity contribution in [3.8, 4) is 23.0 Å². The highest BCUT2D eigenvalue weighted by atomic mass is 79.9. The Morgan fingerprint density at radius 1 is 0.964 bits per heavy atom. The molecule has 146 valence electrons. The topological polar surface area (TPSA) is 97.8 Å². The zero-order chi connectivity index (χ0) is 20.1. The molecule has 0 saturated carbocycles. The Hall–Kier alpha value is -3.20. The first kappa shape index (κ1) is 19.6. The maximum atomic E-state index is 9.96. The molecule has 3 rings (SSSR count). The Labute approximate surface area is 170 Å². The summed E-state index contributed by atoms with van der Waals surface area (Å²) >= 11 is 3.41. The molecule has 0 aliphatic rings. The molecule has 9 heteroatoms. The third kappa shape index (κ3) is 4.20. The van der Waals surface area contributed by atoms with E-state index in [1.165, 1.54) is 0 Å². The van der Waals surface area contributed by atoms with Gasteiger partial charge in [-0.15, -0.1) is 0 Å². The Kier molecular flexibility index (Phi) is 6.05. The molecule has 0 bridgehead atoms. The first-order chi connectivity index (χ1) is 13.5. The molecule has 28 heavy (non-hydrogen) atoms. The van der Waals surface area contributed by atoms with E-state index < -0.39 is 0 Å². The molecule has 0 fully saturated rings. The monoisotopic (exact) mass is 446 g/mol. The summed E-state index contributed by atoms with van der Waals surface area (Å²) in [6.07, 6.45) is 1.61. The minimum atomic E-state index is 0.118. The second-order valence-corrected chi connectivity index (χ2v) is 6.43. The molecule has 0 spiro atoms. The number of para-hydroxylation sites is 2. The van der Waals surface area contributed by atoms with E-state index in [0.717, 1.165) is 0 Å². The lowest BCUT2D eigenvalue weighted by Crippen LogP contribution is -2.03. The van der Waals surface area contributed by atoms with Crippen molar-refractivity contribution in [3.63, 3.8) is 0 Å². The summed E-state index contributed by atoms with van der Waals surface area (Å²) in [5.41, 5.74) is 1.19. The van der Waals surface area contributed by atoms with Gasteiger partial charge in [0.05, 0.1) is 31.5 Å². The first-order valence-corrected chi connectivity index (χ1v) is 8.99. The second kappa shape index (κ2) is 8.66. The smallest absolute Gasteiger partial charge is 0.229 e. The predicted molar refractivity (Wildman–Crippen MR) is 111 cm³/mol. The van der Waals surface area contributed by atoms with E-state index in [4.69, 9.17) is 14.2 Å². The lowest BCUT2D eigenvalue weighted by Gasteiger charge is -2.15. The van der Waals surface area contributed by atoms with Crippen LogP contribution in [0.1, 0.15) is 0 Å². The summed E-state index contributed by atoms with van der Waals surface area (Å²) < 4.78 is 16.7. The molecular weight excluding hydrogens is 428 g/mol. The van der Waals surface area contributed by atoms with Gasteiger partial charge in [-0.1, -0.05) is 12.1 Å². The van der Waals surface area contributed by atoms with Crippen molar-refractivity contribution in [3.05, 3.63) is 47.1 Å². The SMILES string of the molecule is COc1cc(Nc2ncc(Br)c(Nc3ccccc3O)n2)cc(OC)c1OC. The van der Waals surface area contributed by atoms with E-state index in [2.05, 4.69) is 36.5 Å². The number of methoxy groups -OCH3 is 3. The molecule has 3 aromatic rings. The fraction of sp³-hybridized carbons (Fsp3) is 0.158. The number of aromatic hydroxyl groups is 1. The number of hydrogen-bond donors (Lipinski definition) is 3. The highest BCUT2D eigenvalue weighted by molar-refractivity contribution is 9.10. The van der Waals surface area contributed by atoms with Crippen LogP contribution in [0.15, 0.2) is 47.1 Å². The maximum absolute atomic E-state index is 9.96. The van der Waals surface area contributed by atoms with Crippen LogP contribution in [0.3, 0.4) is 0 Å². The number of benzene rings is 2. The van der Waals surface area contributed by atoms with E-state index in [1.54, 1.807) is 57.9 Å². The van der Waals surface area contributed by atoms with Gasteiger partial charge in [0.1, 0.15) is 11.6 Å². The number of hydrogen-bond acceptors (Lipinski definition) is 8. The summed E-state index contributed by atoms with van der Waals surface area (Å²) in [5.74, 6) is 2.46. The van der Waals surface area contributed by atoms with Crippen molar-refractivity contribution < 1.29 is 19.3 Å². The molecule has 3 N–H and O–H groups in total. The van der Waals surface area contributed by atoms with Gasteiger partial charge in [0.25, 0.3) is 0 Å². The van der Waals surface area contributed by atoms with Gasteiger partial charge < -0.3 is 30.0 Å². The third-order valence-electron chi connectivity index (χ3n) is 3.82. The fourth-order valence-corrected chi connectivity index (χ4v) is 2.79. The number of phenolic OH excluding ortho intramolecular Hbond substituents is 1. The molecule has 0 saturated heterocycles. The summed E-state index contributed by atoms with van der Waals surface area (Å²) in [4.78, 5) is 8.72. The van der Waals surface area contributed by atoms with Crippen LogP contribution in [0.2, 0.25) is 0 Å². The highest BCUT2D eigenvalue weighted by Gasteiger charge is 2.14. The summed E-state index contributed by atoms with van der Waals surface area (Å²) in [5, 5.41) is 16.1.